The summed E-state index contributed by atoms with van der Waals surface area (Å²) in [6, 6.07) is 7.67. The van der Waals surface area contributed by atoms with Crippen LogP contribution in [0, 0.1) is 5.92 Å². The van der Waals surface area contributed by atoms with Gasteiger partial charge in [-0.1, -0.05) is 28.1 Å². The first kappa shape index (κ1) is 15.4. The molecule has 0 unspecified atom stereocenters. The van der Waals surface area contributed by atoms with Crippen molar-refractivity contribution >= 4 is 21.8 Å². The summed E-state index contributed by atoms with van der Waals surface area (Å²) >= 11 is 3.65. The van der Waals surface area contributed by atoms with Crippen molar-refractivity contribution < 1.29 is 9.53 Å². The quantitative estimate of drug-likeness (QED) is 0.835. The van der Waals surface area contributed by atoms with Crippen LogP contribution in [0.15, 0.2) is 24.3 Å². The number of alkyl halides is 1. The first-order chi connectivity index (χ1) is 9.67. The van der Waals surface area contributed by atoms with E-state index in [0.29, 0.717) is 17.2 Å². The van der Waals surface area contributed by atoms with Gasteiger partial charge < -0.3 is 10.1 Å². The lowest BCUT2D eigenvalue weighted by molar-refractivity contribution is -0.120. The van der Waals surface area contributed by atoms with E-state index in [4.69, 9.17) is 4.74 Å². The third-order valence-corrected chi connectivity index (χ3v) is 4.78. The van der Waals surface area contributed by atoms with E-state index in [1.54, 1.807) is 7.11 Å². The fourth-order valence-electron chi connectivity index (χ4n) is 2.61. The molecular formula is C16H22BrNO2. The van der Waals surface area contributed by atoms with Gasteiger partial charge in [0, 0.05) is 11.4 Å². The van der Waals surface area contributed by atoms with Gasteiger partial charge in [0.05, 0.1) is 13.5 Å². The van der Waals surface area contributed by atoms with Crippen molar-refractivity contribution in [2.45, 2.75) is 36.9 Å². The van der Waals surface area contributed by atoms with Gasteiger partial charge in [-0.15, -0.1) is 0 Å². The molecule has 2 rings (SSSR count). The number of nitrogens with one attached hydrogen (secondary N) is 1. The molecule has 20 heavy (non-hydrogen) atoms. The van der Waals surface area contributed by atoms with E-state index in [9.17, 15) is 4.79 Å². The topological polar surface area (TPSA) is 38.3 Å². The molecule has 1 aromatic rings. The molecule has 1 N–H and O–H groups in total. The number of hydrogen-bond donors (Lipinski definition) is 1. The second-order valence-electron chi connectivity index (χ2n) is 5.45. The maximum atomic E-state index is 12.0. The maximum Gasteiger partial charge on any atom is 0.224 e. The van der Waals surface area contributed by atoms with Crippen molar-refractivity contribution in [1.82, 2.24) is 5.32 Å². The zero-order valence-corrected chi connectivity index (χ0v) is 13.5. The fourth-order valence-corrected chi connectivity index (χ4v) is 3.14. The Morgan fingerprint density at radius 3 is 2.80 bits per heavy atom. The predicted molar refractivity (Wildman–Crippen MR) is 84.4 cm³/mol. The van der Waals surface area contributed by atoms with Gasteiger partial charge in [-0.2, -0.15) is 0 Å². The second kappa shape index (κ2) is 7.67. The molecule has 0 bridgehead atoms. The molecule has 110 valence electrons. The van der Waals surface area contributed by atoms with E-state index >= 15 is 0 Å². The highest BCUT2D eigenvalue weighted by Crippen LogP contribution is 2.28. The zero-order valence-electron chi connectivity index (χ0n) is 11.9. The summed E-state index contributed by atoms with van der Waals surface area (Å²) in [6.07, 6.45) is 5.27. The highest BCUT2D eigenvalue weighted by atomic mass is 79.9. The lowest BCUT2D eigenvalue weighted by Gasteiger charge is -2.25. The van der Waals surface area contributed by atoms with Crippen LogP contribution in [0.4, 0.5) is 0 Å². The van der Waals surface area contributed by atoms with Crippen LogP contribution in [0.5, 0.6) is 5.75 Å². The van der Waals surface area contributed by atoms with Crippen LogP contribution in [-0.2, 0) is 11.2 Å². The average molecular weight is 340 g/mol. The SMILES string of the molecule is COc1cccc(CC(=O)NCC2CCC(Br)CC2)c1. The van der Waals surface area contributed by atoms with Crippen molar-refractivity contribution in [2.75, 3.05) is 13.7 Å². The van der Waals surface area contributed by atoms with E-state index in [0.717, 1.165) is 17.9 Å². The predicted octanol–water partition coefficient (Wildman–Crippen LogP) is 3.31. The molecule has 0 radical (unpaired) electrons. The van der Waals surface area contributed by atoms with Crippen LogP contribution in [0.1, 0.15) is 31.2 Å². The normalized spacial score (nSPS) is 22.3. The van der Waals surface area contributed by atoms with Crippen molar-refractivity contribution in [1.29, 1.82) is 0 Å². The lowest BCUT2D eigenvalue weighted by atomic mass is 9.89. The lowest BCUT2D eigenvalue weighted by Crippen LogP contribution is -2.32. The largest absolute Gasteiger partial charge is 0.497 e. The van der Waals surface area contributed by atoms with Crippen molar-refractivity contribution in [3.05, 3.63) is 29.8 Å². The standard InChI is InChI=1S/C16H22BrNO2/c1-20-15-4-2-3-13(9-15)10-16(19)18-11-12-5-7-14(17)8-6-12/h2-4,9,12,14H,5-8,10-11H2,1H3,(H,18,19). The number of benzene rings is 1. The summed E-state index contributed by atoms with van der Waals surface area (Å²) < 4.78 is 5.17. The molecule has 0 saturated heterocycles. The first-order valence-electron chi connectivity index (χ1n) is 7.21. The number of amides is 1. The number of hydrogen-bond acceptors (Lipinski definition) is 2. The number of rotatable bonds is 5. The van der Waals surface area contributed by atoms with E-state index in [1.807, 2.05) is 24.3 Å². The molecule has 1 amide bonds. The minimum absolute atomic E-state index is 0.0965. The Labute approximate surface area is 129 Å². The third-order valence-electron chi connectivity index (χ3n) is 3.86. The molecule has 1 fully saturated rings. The van der Waals surface area contributed by atoms with Gasteiger partial charge in [-0.25, -0.2) is 0 Å². The average Bonchev–Trinajstić information content (AvgIpc) is 2.47. The van der Waals surface area contributed by atoms with E-state index in [1.165, 1.54) is 25.7 Å². The molecule has 1 saturated carbocycles. The van der Waals surface area contributed by atoms with Crippen LogP contribution >= 0.6 is 15.9 Å². The summed E-state index contributed by atoms with van der Waals surface area (Å²) in [6.45, 7) is 0.808. The molecule has 0 spiro atoms. The van der Waals surface area contributed by atoms with Gasteiger partial charge in [-0.05, 0) is 49.3 Å². The zero-order chi connectivity index (χ0) is 14.4. The minimum atomic E-state index is 0.0965. The minimum Gasteiger partial charge on any atom is -0.497 e. The molecule has 1 aliphatic carbocycles. The van der Waals surface area contributed by atoms with Crippen LogP contribution in [-0.4, -0.2) is 24.4 Å². The van der Waals surface area contributed by atoms with E-state index in [2.05, 4.69) is 21.2 Å². The Morgan fingerprint density at radius 1 is 1.35 bits per heavy atom. The Bertz CT molecular complexity index is 442. The van der Waals surface area contributed by atoms with Crippen molar-refractivity contribution in [3.8, 4) is 5.75 Å². The molecular weight excluding hydrogens is 318 g/mol. The van der Waals surface area contributed by atoms with Crippen LogP contribution in [0.3, 0.4) is 0 Å². The maximum absolute atomic E-state index is 12.0. The van der Waals surface area contributed by atoms with Gasteiger partial charge in [-0.3, -0.25) is 4.79 Å². The van der Waals surface area contributed by atoms with Gasteiger partial charge in [0.25, 0.3) is 0 Å². The second-order valence-corrected chi connectivity index (χ2v) is 6.75. The number of carbonyl (C=O) groups excluding carboxylic acids is 1. The summed E-state index contributed by atoms with van der Waals surface area (Å²) in [5.74, 6) is 1.53. The molecule has 0 heterocycles. The molecule has 0 atom stereocenters. The van der Waals surface area contributed by atoms with Crippen molar-refractivity contribution in [3.63, 3.8) is 0 Å². The van der Waals surface area contributed by atoms with E-state index in [-0.39, 0.29) is 5.91 Å². The van der Waals surface area contributed by atoms with Gasteiger partial charge in [0.2, 0.25) is 5.91 Å². The van der Waals surface area contributed by atoms with Gasteiger partial charge in [0.15, 0.2) is 0 Å². The monoisotopic (exact) mass is 339 g/mol. The number of methoxy groups -OCH3 is 1. The summed E-state index contributed by atoms with van der Waals surface area (Å²) in [5.41, 5.74) is 0.992. The summed E-state index contributed by atoms with van der Waals surface area (Å²) in [4.78, 5) is 12.6. The fraction of sp³-hybridized carbons (Fsp3) is 0.562. The molecule has 4 heteroatoms. The smallest absolute Gasteiger partial charge is 0.224 e. The highest BCUT2D eigenvalue weighted by Gasteiger charge is 2.19. The Morgan fingerprint density at radius 2 is 2.10 bits per heavy atom. The Kier molecular flexibility index (Phi) is 5.89. The van der Waals surface area contributed by atoms with Crippen molar-refractivity contribution in [2.24, 2.45) is 5.92 Å². The molecule has 0 aromatic heterocycles. The van der Waals surface area contributed by atoms with Crippen LogP contribution < -0.4 is 10.1 Å². The summed E-state index contributed by atoms with van der Waals surface area (Å²) in [7, 11) is 1.64. The highest BCUT2D eigenvalue weighted by molar-refractivity contribution is 9.09. The number of ether oxygens (including phenoxy) is 1. The summed E-state index contributed by atoms with van der Waals surface area (Å²) in [5, 5.41) is 3.06. The molecule has 0 aliphatic heterocycles. The first-order valence-corrected chi connectivity index (χ1v) is 8.12. The van der Waals surface area contributed by atoms with Gasteiger partial charge >= 0.3 is 0 Å². The molecule has 3 nitrogen and oxygen atoms in total. The van der Waals surface area contributed by atoms with Crippen LogP contribution in [0.25, 0.3) is 0 Å². The van der Waals surface area contributed by atoms with Gasteiger partial charge in [0.1, 0.15) is 5.75 Å². The molecule has 1 aliphatic rings. The Balaban J connectivity index is 1.74. The Hall–Kier alpha value is -1.03. The van der Waals surface area contributed by atoms with E-state index < -0.39 is 0 Å². The molecule has 1 aromatic carbocycles. The van der Waals surface area contributed by atoms with Crippen LogP contribution in [0.2, 0.25) is 0 Å². The number of carbonyl (C=O) groups is 1. The number of halogens is 1. The third kappa shape index (κ3) is 4.82.